The van der Waals surface area contributed by atoms with Gasteiger partial charge in [0.15, 0.2) is 0 Å². The van der Waals surface area contributed by atoms with E-state index < -0.39 is 0 Å². The van der Waals surface area contributed by atoms with Gasteiger partial charge >= 0.3 is 0 Å². The molecule has 1 aromatic heterocycles. The van der Waals surface area contributed by atoms with Crippen LogP contribution in [0.5, 0.6) is 0 Å². The molecule has 2 aromatic carbocycles. The van der Waals surface area contributed by atoms with Crippen molar-refractivity contribution in [2.24, 2.45) is 0 Å². The lowest BCUT2D eigenvalue weighted by molar-refractivity contribution is -0.124. The number of nitrogens with one attached hydrogen (secondary N) is 2. The van der Waals surface area contributed by atoms with Crippen molar-refractivity contribution < 1.29 is 9.53 Å². The minimum absolute atomic E-state index is 0. The second-order valence-corrected chi connectivity index (χ2v) is 8.21. The molecule has 0 radical (unpaired) electrons. The quantitative estimate of drug-likeness (QED) is 0.474. The van der Waals surface area contributed by atoms with Crippen molar-refractivity contribution in [2.75, 3.05) is 25.1 Å². The third-order valence-electron chi connectivity index (χ3n) is 5.51. The van der Waals surface area contributed by atoms with E-state index in [2.05, 4.69) is 40.0 Å². The Labute approximate surface area is 198 Å². The Hall–Kier alpha value is -2.39. The van der Waals surface area contributed by atoms with Gasteiger partial charge < -0.3 is 10.1 Å². The minimum Gasteiger partial charge on any atom is -0.378 e. The molecule has 2 unspecified atom stereocenters. The molecule has 1 saturated heterocycles. The number of anilines is 1. The Bertz CT molecular complexity index is 1140. The number of hydrogen-bond acceptors (Lipinski definition) is 6. The average molecular weight is 475 g/mol. The first-order valence-corrected chi connectivity index (χ1v) is 11.0. The van der Waals surface area contributed by atoms with Gasteiger partial charge in [0.2, 0.25) is 5.91 Å². The normalized spacial score (nSPS) is 17.5. The Morgan fingerprint density at radius 2 is 2.06 bits per heavy atom. The summed E-state index contributed by atoms with van der Waals surface area (Å²) in [6, 6.07) is 14.6. The molecule has 7 nitrogen and oxygen atoms in total. The number of hydrogen-bond donors (Lipinski definition) is 3. The molecule has 0 saturated carbocycles. The summed E-state index contributed by atoms with van der Waals surface area (Å²) in [5.74, 6) is -0.0563. The van der Waals surface area contributed by atoms with Crippen LogP contribution in [0.15, 0.2) is 53.3 Å². The monoisotopic (exact) mass is 474 g/mol. The fourth-order valence-corrected chi connectivity index (χ4v) is 4.37. The van der Waals surface area contributed by atoms with Crippen LogP contribution in [0.2, 0.25) is 0 Å². The van der Waals surface area contributed by atoms with Gasteiger partial charge in [-0.1, -0.05) is 43.7 Å². The summed E-state index contributed by atoms with van der Waals surface area (Å²) in [6.07, 6.45) is 1.64. The number of aromatic nitrogens is 2. The number of carbonyl (C=O) groups excluding carboxylic acids is 1. The largest absolute Gasteiger partial charge is 0.378 e. The molecule has 1 aliphatic heterocycles. The van der Waals surface area contributed by atoms with Gasteiger partial charge in [0.05, 0.1) is 35.7 Å². The summed E-state index contributed by atoms with van der Waals surface area (Å²) in [5, 5.41) is 11.1. The number of fused-ring (bicyclic) bond motifs is 1. The van der Waals surface area contributed by atoms with Crippen molar-refractivity contribution in [1.82, 2.24) is 15.1 Å². The van der Waals surface area contributed by atoms with Gasteiger partial charge in [0, 0.05) is 23.2 Å². The van der Waals surface area contributed by atoms with Crippen LogP contribution >= 0.6 is 25.0 Å². The van der Waals surface area contributed by atoms with Crippen molar-refractivity contribution in [1.29, 1.82) is 0 Å². The molecule has 1 amide bonds. The summed E-state index contributed by atoms with van der Waals surface area (Å²) in [4.78, 5) is 27.4. The van der Waals surface area contributed by atoms with E-state index in [-0.39, 0.29) is 35.3 Å². The molecule has 0 aliphatic carbocycles. The molecule has 3 aromatic rings. The number of rotatable bonds is 6. The van der Waals surface area contributed by atoms with Crippen molar-refractivity contribution in [3.05, 3.63) is 58.9 Å². The summed E-state index contributed by atoms with van der Waals surface area (Å²) >= 11 is 4.60. The zero-order valence-corrected chi connectivity index (χ0v) is 19.5. The Morgan fingerprint density at radius 1 is 1.28 bits per heavy atom. The van der Waals surface area contributed by atoms with E-state index in [1.165, 1.54) is 0 Å². The maximum Gasteiger partial charge on any atom is 0.272 e. The molecule has 2 atom stereocenters. The zero-order chi connectivity index (χ0) is 21.8. The van der Waals surface area contributed by atoms with Crippen LogP contribution in [0.3, 0.4) is 0 Å². The Balaban J connectivity index is 0.00000289. The highest BCUT2D eigenvalue weighted by Crippen LogP contribution is 2.27. The van der Waals surface area contributed by atoms with E-state index in [4.69, 9.17) is 4.74 Å². The SMILES string of the molecule is CCCC(C(=O)Nc1cccc(-c2n[nH]c(=O)c3ccccc23)c1)N1CCOCC1S.Cl. The number of nitrogens with zero attached hydrogens (tertiary/aromatic N) is 2. The number of benzene rings is 2. The summed E-state index contributed by atoms with van der Waals surface area (Å²) < 4.78 is 5.46. The first-order valence-electron chi connectivity index (χ1n) is 10.5. The second kappa shape index (κ2) is 11.0. The highest BCUT2D eigenvalue weighted by atomic mass is 35.5. The Morgan fingerprint density at radius 3 is 2.81 bits per heavy atom. The van der Waals surface area contributed by atoms with Gasteiger partial charge in [0.25, 0.3) is 5.56 Å². The van der Waals surface area contributed by atoms with Gasteiger partial charge in [-0.25, -0.2) is 5.10 Å². The molecule has 1 aliphatic rings. The van der Waals surface area contributed by atoms with Gasteiger partial charge in [0.1, 0.15) is 0 Å². The fourth-order valence-electron chi connectivity index (χ4n) is 3.99. The summed E-state index contributed by atoms with van der Waals surface area (Å²) in [7, 11) is 0. The lowest BCUT2D eigenvalue weighted by atomic mass is 10.0. The smallest absolute Gasteiger partial charge is 0.272 e. The predicted octanol–water partition coefficient (Wildman–Crippen LogP) is 3.71. The van der Waals surface area contributed by atoms with E-state index in [1.807, 2.05) is 42.5 Å². The number of amides is 1. The third kappa shape index (κ3) is 5.15. The number of carbonyl (C=O) groups is 1. The fraction of sp³-hybridized carbons (Fsp3) is 0.348. The minimum atomic E-state index is -0.271. The van der Waals surface area contributed by atoms with Crippen molar-refractivity contribution >= 4 is 47.4 Å². The number of thiol groups is 1. The van der Waals surface area contributed by atoms with Gasteiger partial charge in [-0.05, 0) is 24.6 Å². The molecule has 170 valence electrons. The van der Waals surface area contributed by atoms with Crippen LogP contribution in [-0.4, -0.2) is 52.2 Å². The number of aromatic amines is 1. The topological polar surface area (TPSA) is 87.3 Å². The van der Waals surface area contributed by atoms with Crippen molar-refractivity contribution in [3.63, 3.8) is 0 Å². The van der Waals surface area contributed by atoms with Crippen molar-refractivity contribution in [2.45, 2.75) is 31.2 Å². The van der Waals surface area contributed by atoms with Crippen molar-refractivity contribution in [3.8, 4) is 11.3 Å². The summed E-state index contributed by atoms with van der Waals surface area (Å²) in [5.41, 5.74) is 1.94. The van der Waals surface area contributed by atoms with Gasteiger partial charge in [-0.2, -0.15) is 17.7 Å². The second-order valence-electron chi connectivity index (χ2n) is 7.61. The maximum absolute atomic E-state index is 13.2. The van der Waals surface area contributed by atoms with E-state index in [1.54, 1.807) is 6.07 Å². The molecule has 9 heteroatoms. The predicted molar refractivity (Wildman–Crippen MR) is 133 cm³/mol. The van der Waals surface area contributed by atoms with Crippen LogP contribution in [0.25, 0.3) is 22.0 Å². The summed E-state index contributed by atoms with van der Waals surface area (Å²) in [6.45, 7) is 3.86. The number of morpholine rings is 1. The zero-order valence-electron chi connectivity index (χ0n) is 17.8. The van der Waals surface area contributed by atoms with E-state index in [9.17, 15) is 9.59 Å². The first-order chi connectivity index (χ1) is 15.1. The van der Waals surface area contributed by atoms with Gasteiger partial charge in [-0.3, -0.25) is 14.5 Å². The van der Waals surface area contributed by atoms with Crippen LogP contribution < -0.4 is 10.9 Å². The van der Waals surface area contributed by atoms with Gasteiger partial charge in [-0.15, -0.1) is 12.4 Å². The molecule has 2 heterocycles. The molecule has 0 spiro atoms. The van der Waals surface area contributed by atoms with Crippen LogP contribution in [0, 0.1) is 0 Å². The number of halogens is 1. The Kier molecular flexibility index (Phi) is 8.31. The number of ether oxygens (including phenoxy) is 1. The van der Waals surface area contributed by atoms with E-state index in [0.29, 0.717) is 36.5 Å². The lowest BCUT2D eigenvalue weighted by Crippen LogP contribution is -2.52. The lowest BCUT2D eigenvalue weighted by Gasteiger charge is -2.37. The molecule has 0 bridgehead atoms. The standard InChI is InChI=1S/C23H26N4O3S.ClH/c1-2-6-19(27-11-12-30-14-20(27)31)23(29)24-16-8-5-7-15(13-16)21-17-9-3-4-10-18(17)22(28)26-25-21;/h3-5,7-10,13,19-20,31H,2,6,11-12,14H2,1H3,(H,24,29)(H,26,28);1H. The van der Waals surface area contributed by atoms with E-state index in [0.717, 1.165) is 23.8 Å². The average Bonchev–Trinajstić information content (AvgIpc) is 2.79. The molecule has 4 rings (SSSR count). The molecular weight excluding hydrogens is 448 g/mol. The molecule has 1 fully saturated rings. The first kappa shape index (κ1) is 24.3. The number of H-pyrrole nitrogens is 1. The molecule has 2 N–H and O–H groups in total. The highest BCUT2D eigenvalue weighted by Gasteiger charge is 2.31. The van der Waals surface area contributed by atoms with E-state index >= 15 is 0 Å². The molecule has 32 heavy (non-hydrogen) atoms. The third-order valence-corrected chi connectivity index (χ3v) is 5.95. The highest BCUT2D eigenvalue weighted by molar-refractivity contribution is 7.80. The van der Waals surface area contributed by atoms with Crippen LogP contribution in [0.4, 0.5) is 5.69 Å². The van der Waals surface area contributed by atoms with Crippen LogP contribution in [-0.2, 0) is 9.53 Å². The maximum atomic E-state index is 13.2. The van der Waals surface area contributed by atoms with Crippen LogP contribution in [0.1, 0.15) is 19.8 Å². The molecular formula is C23H27ClN4O3S.